The summed E-state index contributed by atoms with van der Waals surface area (Å²) in [5.74, 6) is 0. The number of piperidine rings is 1. The first-order chi connectivity index (χ1) is 11.8. The van der Waals surface area contributed by atoms with Crippen molar-refractivity contribution in [2.45, 2.75) is 45.3 Å². The van der Waals surface area contributed by atoms with E-state index in [9.17, 15) is 0 Å². The van der Waals surface area contributed by atoms with Gasteiger partial charge >= 0.3 is 0 Å². The van der Waals surface area contributed by atoms with Gasteiger partial charge in [-0.1, -0.05) is 18.6 Å². The first kappa shape index (κ1) is 15.2. The molecule has 1 saturated heterocycles. The van der Waals surface area contributed by atoms with Crippen molar-refractivity contribution in [2.75, 3.05) is 6.54 Å². The highest BCUT2D eigenvalue weighted by Crippen LogP contribution is 2.22. The third-order valence-corrected chi connectivity index (χ3v) is 4.81. The van der Waals surface area contributed by atoms with E-state index in [2.05, 4.69) is 21.9 Å². The molecular weight excluding hydrogens is 300 g/mol. The highest BCUT2D eigenvalue weighted by Gasteiger charge is 2.24. The molecular formula is C18H22N6. The zero-order chi connectivity index (χ0) is 16.4. The van der Waals surface area contributed by atoms with Gasteiger partial charge in [-0.25, -0.2) is 15.0 Å². The van der Waals surface area contributed by atoms with Crippen LogP contribution in [-0.2, 0) is 13.1 Å². The smallest absolute Gasteiger partial charge is 0.137 e. The number of aryl methyl sites for hydroxylation is 1. The molecule has 0 unspecified atom stereocenters. The Morgan fingerprint density at radius 3 is 2.75 bits per heavy atom. The van der Waals surface area contributed by atoms with Crippen molar-refractivity contribution in [1.29, 1.82) is 0 Å². The third-order valence-electron chi connectivity index (χ3n) is 4.81. The molecule has 3 heterocycles. The topological polar surface area (TPSA) is 59.7 Å². The first-order valence-electron chi connectivity index (χ1n) is 8.58. The van der Waals surface area contributed by atoms with Gasteiger partial charge < -0.3 is 0 Å². The number of hydrogen-bond acceptors (Lipinski definition) is 5. The minimum Gasteiger partial charge on any atom is -0.293 e. The van der Waals surface area contributed by atoms with Crippen molar-refractivity contribution in [1.82, 2.24) is 29.6 Å². The summed E-state index contributed by atoms with van der Waals surface area (Å²) in [6.45, 7) is 4.90. The molecule has 0 amide bonds. The molecule has 1 aromatic carbocycles. The van der Waals surface area contributed by atoms with Gasteiger partial charge in [0, 0.05) is 12.6 Å². The number of para-hydroxylation sites is 2. The molecule has 3 aromatic rings. The summed E-state index contributed by atoms with van der Waals surface area (Å²) in [5.41, 5.74) is 4.05. The predicted molar refractivity (Wildman–Crippen MR) is 92.3 cm³/mol. The van der Waals surface area contributed by atoms with E-state index in [0.717, 1.165) is 42.1 Å². The molecule has 1 aliphatic heterocycles. The molecule has 1 aliphatic rings. The summed E-state index contributed by atoms with van der Waals surface area (Å²) in [5, 5.41) is 4.26. The van der Waals surface area contributed by atoms with Crippen LogP contribution < -0.4 is 0 Å². The first-order valence-corrected chi connectivity index (χ1v) is 8.58. The van der Waals surface area contributed by atoms with Crippen LogP contribution in [0.3, 0.4) is 0 Å². The lowest BCUT2D eigenvalue weighted by molar-refractivity contribution is 0.120. The van der Waals surface area contributed by atoms with E-state index in [1.807, 2.05) is 28.9 Å². The number of fused-ring (bicyclic) bond motifs is 1. The second kappa shape index (κ2) is 6.65. The summed E-state index contributed by atoms with van der Waals surface area (Å²) in [4.78, 5) is 16.2. The highest BCUT2D eigenvalue weighted by molar-refractivity contribution is 5.74. The van der Waals surface area contributed by atoms with Gasteiger partial charge in [0.1, 0.15) is 12.7 Å². The van der Waals surface area contributed by atoms with Crippen LogP contribution in [0.15, 0.2) is 36.9 Å². The van der Waals surface area contributed by atoms with Gasteiger partial charge in [-0.15, -0.1) is 0 Å². The Morgan fingerprint density at radius 2 is 1.96 bits per heavy atom. The molecule has 1 fully saturated rings. The molecule has 1 atom stereocenters. The average Bonchev–Trinajstić information content (AvgIpc) is 3.10. The standard InChI is InChI=1S/C18H22N6/c1-14-18(22-17-8-3-2-7-16(17)21-14)11-23-9-5-4-6-15(23)10-24-13-19-12-20-24/h2-3,7-8,12-13,15H,4-6,9-11H2,1H3/t15-/m0/s1. The van der Waals surface area contributed by atoms with Crippen LogP contribution in [0, 0.1) is 6.92 Å². The van der Waals surface area contributed by atoms with Crippen LogP contribution in [0.1, 0.15) is 30.7 Å². The molecule has 6 nitrogen and oxygen atoms in total. The fraction of sp³-hybridized carbons (Fsp3) is 0.444. The lowest BCUT2D eigenvalue weighted by Gasteiger charge is -2.35. The van der Waals surface area contributed by atoms with E-state index in [-0.39, 0.29) is 0 Å². The van der Waals surface area contributed by atoms with Gasteiger partial charge in [-0.3, -0.25) is 9.58 Å². The van der Waals surface area contributed by atoms with Crippen molar-refractivity contribution >= 4 is 11.0 Å². The van der Waals surface area contributed by atoms with Crippen LogP contribution in [0.4, 0.5) is 0 Å². The van der Waals surface area contributed by atoms with Gasteiger partial charge in [0.2, 0.25) is 0 Å². The van der Waals surface area contributed by atoms with Crippen LogP contribution in [0.2, 0.25) is 0 Å². The summed E-state index contributed by atoms with van der Waals surface area (Å²) in [7, 11) is 0. The second-order valence-electron chi connectivity index (χ2n) is 6.48. The predicted octanol–water partition coefficient (Wildman–Crippen LogP) is 2.58. The number of benzene rings is 1. The van der Waals surface area contributed by atoms with Gasteiger partial charge in [-0.05, 0) is 38.4 Å². The quantitative estimate of drug-likeness (QED) is 0.739. The molecule has 0 saturated carbocycles. The number of hydrogen-bond donors (Lipinski definition) is 0. The molecule has 24 heavy (non-hydrogen) atoms. The number of nitrogens with zero attached hydrogens (tertiary/aromatic N) is 6. The summed E-state index contributed by atoms with van der Waals surface area (Å²) >= 11 is 0. The van der Waals surface area contributed by atoms with Gasteiger partial charge in [0.15, 0.2) is 0 Å². The van der Waals surface area contributed by atoms with E-state index in [4.69, 9.17) is 9.97 Å². The Labute approximate surface area is 141 Å². The summed E-state index contributed by atoms with van der Waals surface area (Å²) < 4.78 is 1.93. The van der Waals surface area contributed by atoms with Crippen molar-refractivity contribution in [3.8, 4) is 0 Å². The normalized spacial score (nSPS) is 19.0. The SMILES string of the molecule is Cc1nc2ccccc2nc1CN1CCCC[C@H]1Cn1cncn1. The average molecular weight is 322 g/mol. The fourth-order valence-electron chi connectivity index (χ4n) is 3.48. The Bertz CT molecular complexity index is 813. The minimum absolute atomic E-state index is 0.480. The maximum Gasteiger partial charge on any atom is 0.137 e. The van der Waals surface area contributed by atoms with Crippen molar-refractivity contribution in [3.05, 3.63) is 48.3 Å². The molecule has 0 N–H and O–H groups in total. The molecule has 4 rings (SSSR count). The van der Waals surface area contributed by atoms with Crippen LogP contribution in [0.25, 0.3) is 11.0 Å². The van der Waals surface area contributed by atoms with Gasteiger partial charge in [0.05, 0.1) is 29.0 Å². The molecule has 0 spiro atoms. The monoisotopic (exact) mass is 322 g/mol. The van der Waals surface area contributed by atoms with Gasteiger partial charge in [-0.2, -0.15) is 5.10 Å². The van der Waals surface area contributed by atoms with E-state index in [1.54, 1.807) is 12.7 Å². The Kier molecular flexibility index (Phi) is 4.21. The largest absolute Gasteiger partial charge is 0.293 e. The number of likely N-dealkylation sites (tertiary alicyclic amines) is 1. The molecule has 124 valence electrons. The van der Waals surface area contributed by atoms with E-state index < -0.39 is 0 Å². The lowest BCUT2D eigenvalue weighted by atomic mass is 10.0. The molecule has 0 bridgehead atoms. The molecule has 6 heteroatoms. The van der Waals surface area contributed by atoms with Crippen LogP contribution in [0.5, 0.6) is 0 Å². The van der Waals surface area contributed by atoms with Crippen molar-refractivity contribution < 1.29 is 0 Å². The van der Waals surface area contributed by atoms with Gasteiger partial charge in [0.25, 0.3) is 0 Å². The molecule has 0 radical (unpaired) electrons. The zero-order valence-corrected chi connectivity index (χ0v) is 14.0. The Balaban J connectivity index is 1.57. The van der Waals surface area contributed by atoms with E-state index >= 15 is 0 Å². The Hall–Kier alpha value is -2.34. The highest BCUT2D eigenvalue weighted by atomic mass is 15.3. The molecule has 0 aliphatic carbocycles. The third kappa shape index (κ3) is 3.14. The lowest BCUT2D eigenvalue weighted by Crippen LogP contribution is -2.42. The number of rotatable bonds is 4. The van der Waals surface area contributed by atoms with Crippen LogP contribution in [-0.4, -0.2) is 42.2 Å². The maximum absolute atomic E-state index is 4.86. The molecule has 2 aromatic heterocycles. The van der Waals surface area contributed by atoms with E-state index in [1.165, 1.54) is 19.3 Å². The second-order valence-corrected chi connectivity index (χ2v) is 6.48. The van der Waals surface area contributed by atoms with Crippen LogP contribution >= 0.6 is 0 Å². The van der Waals surface area contributed by atoms with Crippen molar-refractivity contribution in [2.24, 2.45) is 0 Å². The van der Waals surface area contributed by atoms with E-state index in [0.29, 0.717) is 6.04 Å². The summed E-state index contributed by atoms with van der Waals surface area (Å²) in [6.07, 6.45) is 7.12. The number of aromatic nitrogens is 5. The minimum atomic E-state index is 0.480. The maximum atomic E-state index is 4.86. The summed E-state index contributed by atoms with van der Waals surface area (Å²) in [6, 6.07) is 8.56. The zero-order valence-electron chi connectivity index (χ0n) is 14.0. The Morgan fingerprint density at radius 1 is 1.12 bits per heavy atom. The van der Waals surface area contributed by atoms with Crippen molar-refractivity contribution in [3.63, 3.8) is 0 Å². The fourth-order valence-corrected chi connectivity index (χ4v) is 3.48.